The van der Waals surface area contributed by atoms with Gasteiger partial charge in [-0.1, -0.05) is 35.3 Å². The zero-order valence-corrected chi connectivity index (χ0v) is 14.5. The Morgan fingerprint density at radius 1 is 0.958 bits per heavy atom. The Morgan fingerprint density at radius 3 is 2.29 bits per heavy atom. The van der Waals surface area contributed by atoms with Crippen molar-refractivity contribution >= 4 is 55.7 Å². The van der Waals surface area contributed by atoms with E-state index in [0.717, 1.165) is 0 Å². The Balaban J connectivity index is 2.11. The second-order valence-electron chi connectivity index (χ2n) is 5.12. The van der Waals surface area contributed by atoms with Crippen molar-refractivity contribution in [3.63, 3.8) is 0 Å². The van der Waals surface area contributed by atoms with Gasteiger partial charge >= 0.3 is 0 Å². The summed E-state index contributed by atoms with van der Waals surface area (Å²) in [6.45, 7) is 0. The summed E-state index contributed by atoms with van der Waals surface area (Å²) in [5.41, 5.74) is 12.3. The highest BCUT2D eigenvalue weighted by Crippen LogP contribution is 2.34. The predicted molar refractivity (Wildman–Crippen MR) is 95.7 cm³/mol. The summed E-state index contributed by atoms with van der Waals surface area (Å²) < 4.78 is 25.4. The van der Waals surface area contributed by atoms with Crippen LogP contribution in [-0.2, 0) is 15.6 Å². The van der Waals surface area contributed by atoms with Crippen LogP contribution in [0, 0.1) is 0 Å². The maximum atomic E-state index is 12.7. The fourth-order valence-corrected chi connectivity index (χ4v) is 4.50. The minimum absolute atomic E-state index is 0.00663. The molecular formula is C15H12Cl2N4O2S. The highest BCUT2D eigenvalue weighted by molar-refractivity contribution is 7.90. The van der Waals surface area contributed by atoms with Gasteiger partial charge < -0.3 is 11.5 Å². The van der Waals surface area contributed by atoms with Gasteiger partial charge in [0.1, 0.15) is 5.82 Å². The summed E-state index contributed by atoms with van der Waals surface area (Å²) in [7, 11) is -3.69. The van der Waals surface area contributed by atoms with E-state index < -0.39 is 9.84 Å². The molecule has 0 aliphatic heterocycles. The van der Waals surface area contributed by atoms with Crippen molar-refractivity contribution in [2.24, 2.45) is 0 Å². The van der Waals surface area contributed by atoms with Crippen molar-refractivity contribution in [1.82, 2.24) is 9.97 Å². The minimum atomic E-state index is -3.69. The molecule has 2 aromatic carbocycles. The van der Waals surface area contributed by atoms with Crippen LogP contribution in [0.25, 0.3) is 10.9 Å². The summed E-state index contributed by atoms with van der Waals surface area (Å²) in [6, 6.07) is 9.44. The molecule has 9 heteroatoms. The van der Waals surface area contributed by atoms with Gasteiger partial charge in [0, 0.05) is 5.02 Å². The molecule has 0 saturated carbocycles. The molecule has 124 valence electrons. The van der Waals surface area contributed by atoms with Gasteiger partial charge in [0.15, 0.2) is 9.84 Å². The van der Waals surface area contributed by atoms with E-state index in [0.29, 0.717) is 16.1 Å². The molecule has 0 bridgehead atoms. The molecule has 0 atom stereocenters. The lowest BCUT2D eigenvalue weighted by Crippen LogP contribution is -2.07. The number of nitrogens with zero attached hydrogens (tertiary/aromatic N) is 2. The summed E-state index contributed by atoms with van der Waals surface area (Å²) in [5.74, 6) is -0.190. The molecule has 24 heavy (non-hydrogen) atoms. The van der Waals surface area contributed by atoms with Crippen LogP contribution in [0.3, 0.4) is 0 Å². The highest BCUT2D eigenvalue weighted by atomic mass is 35.5. The molecule has 3 rings (SSSR count). The molecule has 0 unspecified atom stereocenters. The largest absolute Gasteiger partial charge is 0.383 e. The van der Waals surface area contributed by atoms with Crippen molar-refractivity contribution in [3.05, 3.63) is 52.0 Å². The normalized spacial score (nSPS) is 11.8. The number of sulfone groups is 1. The molecule has 1 aromatic heterocycles. The molecule has 0 amide bonds. The van der Waals surface area contributed by atoms with E-state index in [-0.39, 0.29) is 32.8 Å². The Hall–Kier alpha value is -2.09. The number of rotatable bonds is 3. The Labute approximate surface area is 148 Å². The van der Waals surface area contributed by atoms with Crippen LogP contribution in [0.1, 0.15) is 5.56 Å². The van der Waals surface area contributed by atoms with E-state index in [2.05, 4.69) is 9.97 Å². The van der Waals surface area contributed by atoms with E-state index in [1.807, 2.05) is 0 Å². The average molecular weight is 383 g/mol. The average Bonchev–Trinajstić information content (AvgIpc) is 2.48. The Morgan fingerprint density at radius 2 is 1.62 bits per heavy atom. The molecule has 3 aromatic rings. The summed E-state index contributed by atoms with van der Waals surface area (Å²) in [5, 5.41) is 0.782. The monoisotopic (exact) mass is 382 g/mol. The van der Waals surface area contributed by atoms with Gasteiger partial charge in [-0.05, 0) is 29.8 Å². The lowest BCUT2D eigenvalue weighted by Gasteiger charge is -2.10. The number of benzene rings is 2. The molecule has 4 N–H and O–H groups in total. The molecule has 0 spiro atoms. The molecular weight excluding hydrogens is 371 g/mol. The van der Waals surface area contributed by atoms with Crippen molar-refractivity contribution in [2.45, 2.75) is 10.6 Å². The van der Waals surface area contributed by atoms with Gasteiger partial charge in [-0.3, -0.25) is 0 Å². The quantitative estimate of drug-likeness (QED) is 0.719. The van der Waals surface area contributed by atoms with Crippen molar-refractivity contribution in [1.29, 1.82) is 0 Å². The van der Waals surface area contributed by atoms with Gasteiger partial charge in [0.2, 0.25) is 5.95 Å². The predicted octanol–water partition coefficient (Wildman–Crippen LogP) is 3.07. The summed E-state index contributed by atoms with van der Waals surface area (Å²) >= 11 is 12.1. The van der Waals surface area contributed by atoms with Gasteiger partial charge in [0.05, 0.1) is 26.6 Å². The maximum absolute atomic E-state index is 12.7. The molecule has 0 fully saturated rings. The lowest BCUT2D eigenvalue weighted by atomic mass is 10.2. The van der Waals surface area contributed by atoms with Crippen LogP contribution in [-0.4, -0.2) is 18.4 Å². The first kappa shape index (κ1) is 16.8. The molecule has 0 aliphatic carbocycles. The number of nitrogen functional groups attached to an aromatic ring is 2. The number of nitrogens with two attached hydrogens (primary N) is 2. The standard InChI is InChI=1S/C15H12Cl2N4O2S/c16-9-3-1-8(2-4-9)7-24(22,23)11-6-5-10-12(13(11)17)14(18)21-15(19)20-10/h1-6H,7H2,(H4,18,19,20,21). The Bertz CT molecular complexity index is 1040. The molecule has 6 nitrogen and oxygen atoms in total. The van der Waals surface area contributed by atoms with Gasteiger partial charge in [-0.15, -0.1) is 0 Å². The van der Waals surface area contributed by atoms with Crippen LogP contribution in [0.2, 0.25) is 10.0 Å². The first-order valence-corrected chi connectivity index (χ1v) is 9.17. The van der Waals surface area contributed by atoms with E-state index >= 15 is 0 Å². The van der Waals surface area contributed by atoms with Crippen molar-refractivity contribution < 1.29 is 8.42 Å². The van der Waals surface area contributed by atoms with Gasteiger partial charge in [0.25, 0.3) is 0 Å². The number of halogens is 2. The smallest absolute Gasteiger partial charge is 0.222 e. The van der Waals surface area contributed by atoms with Crippen molar-refractivity contribution in [3.8, 4) is 0 Å². The SMILES string of the molecule is Nc1nc(N)c2c(Cl)c(S(=O)(=O)Cc3ccc(Cl)cc3)ccc2n1. The first-order valence-electron chi connectivity index (χ1n) is 6.76. The van der Waals surface area contributed by atoms with Gasteiger partial charge in [-0.25, -0.2) is 13.4 Å². The third-order valence-electron chi connectivity index (χ3n) is 3.42. The maximum Gasteiger partial charge on any atom is 0.222 e. The number of hydrogen-bond acceptors (Lipinski definition) is 6. The molecule has 0 saturated heterocycles. The van der Waals surface area contributed by atoms with Crippen LogP contribution in [0.15, 0.2) is 41.3 Å². The molecule has 0 radical (unpaired) electrons. The number of hydrogen-bond donors (Lipinski definition) is 2. The summed E-state index contributed by atoms with van der Waals surface area (Å²) in [6.07, 6.45) is 0. The second kappa shape index (κ2) is 6.08. The molecule has 1 heterocycles. The topological polar surface area (TPSA) is 112 Å². The third kappa shape index (κ3) is 3.10. The zero-order valence-electron chi connectivity index (χ0n) is 12.2. The first-order chi connectivity index (χ1) is 11.3. The molecule has 0 aliphatic rings. The van der Waals surface area contributed by atoms with Crippen LogP contribution in [0.5, 0.6) is 0 Å². The van der Waals surface area contributed by atoms with E-state index in [1.54, 1.807) is 24.3 Å². The van der Waals surface area contributed by atoms with Gasteiger partial charge in [-0.2, -0.15) is 4.98 Å². The fourth-order valence-electron chi connectivity index (χ4n) is 2.33. The van der Waals surface area contributed by atoms with E-state index in [1.165, 1.54) is 12.1 Å². The number of aromatic nitrogens is 2. The lowest BCUT2D eigenvalue weighted by molar-refractivity contribution is 0.595. The highest BCUT2D eigenvalue weighted by Gasteiger charge is 2.22. The Kier molecular flexibility index (Phi) is 4.25. The summed E-state index contributed by atoms with van der Waals surface area (Å²) in [4.78, 5) is 7.80. The van der Waals surface area contributed by atoms with Crippen LogP contribution < -0.4 is 11.5 Å². The zero-order chi connectivity index (χ0) is 17.5. The van der Waals surface area contributed by atoms with E-state index in [4.69, 9.17) is 34.7 Å². The minimum Gasteiger partial charge on any atom is -0.383 e. The second-order valence-corrected chi connectivity index (χ2v) is 7.90. The number of anilines is 2. The number of fused-ring (bicyclic) bond motifs is 1. The van der Waals surface area contributed by atoms with E-state index in [9.17, 15) is 8.42 Å². The van der Waals surface area contributed by atoms with Crippen molar-refractivity contribution in [2.75, 3.05) is 11.5 Å². The van der Waals surface area contributed by atoms with Crippen LogP contribution >= 0.6 is 23.2 Å². The van der Waals surface area contributed by atoms with Crippen LogP contribution in [0.4, 0.5) is 11.8 Å². The fraction of sp³-hybridized carbons (Fsp3) is 0.0667. The third-order valence-corrected chi connectivity index (χ3v) is 5.90.